The molecule has 0 fully saturated rings. The summed E-state index contributed by atoms with van der Waals surface area (Å²) in [5.41, 5.74) is 2.82. The number of nitrogens with zero attached hydrogens (tertiary/aromatic N) is 3. The summed E-state index contributed by atoms with van der Waals surface area (Å²) in [4.78, 5) is 4.48. The maximum absolute atomic E-state index is 9.30. The molecule has 0 bridgehead atoms. The Labute approximate surface area is 109 Å². The highest BCUT2D eigenvalue weighted by Crippen LogP contribution is 2.24. The monoisotopic (exact) mass is 253 g/mol. The van der Waals surface area contributed by atoms with Crippen molar-refractivity contribution in [2.45, 2.75) is 0 Å². The number of benzene rings is 1. The summed E-state index contributed by atoms with van der Waals surface area (Å²) in [5, 5.41) is 9.88. The fourth-order valence-corrected chi connectivity index (χ4v) is 2.08. The van der Waals surface area contributed by atoms with Crippen LogP contribution in [0.25, 0.3) is 16.9 Å². The van der Waals surface area contributed by atoms with Gasteiger partial charge in [0.05, 0.1) is 5.02 Å². The summed E-state index contributed by atoms with van der Waals surface area (Å²) in [7, 11) is 0. The van der Waals surface area contributed by atoms with E-state index in [4.69, 9.17) is 11.6 Å². The van der Waals surface area contributed by atoms with Crippen molar-refractivity contribution in [2.24, 2.45) is 0 Å². The molecule has 4 heteroatoms. The van der Waals surface area contributed by atoms with E-state index < -0.39 is 0 Å². The summed E-state index contributed by atoms with van der Waals surface area (Å²) >= 11 is 5.94. The number of hydrogen-bond donors (Lipinski definition) is 0. The topological polar surface area (TPSA) is 41.1 Å². The lowest BCUT2D eigenvalue weighted by atomic mass is 10.1. The van der Waals surface area contributed by atoms with Gasteiger partial charge in [0.2, 0.25) is 0 Å². The van der Waals surface area contributed by atoms with Crippen molar-refractivity contribution < 1.29 is 0 Å². The zero-order valence-corrected chi connectivity index (χ0v) is 10.1. The average molecular weight is 254 g/mol. The second-order valence-corrected chi connectivity index (χ2v) is 4.30. The molecule has 3 nitrogen and oxygen atoms in total. The highest BCUT2D eigenvalue weighted by Gasteiger charge is 2.13. The van der Waals surface area contributed by atoms with Crippen molar-refractivity contribution in [3.8, 4) is 17.3 Å². The molecular weight excluding hydrogens is 246 g/mol. The first-order valence-electron chi connectivity index (χ1n) is 5.43. The number of halogens is 1. The largest absolute Gasteiger partial charge is 0.289 e. The number of imidazole rings is 1. The van der Waals surface area contributed by atoms with E-state index in [1.165, 1.54) is 0 Å². The molecule has 0 aliphatic carbocycles. The Hall–Kier alpha value is -2.31. The summed E-state index contributed by atoms with van der Waals surface area (Å²) in [6.45, 7) is 0. The van der Waals surface area contributed by atoms with Crippen LogP contribution in [0, 0.1) is 11.3 Å². The van der Waals surface area contributed by atoms with Crippen LogP contribution in [0.1, 0.15) is 5.69 Å². The van der Waals surface area contributed by atoms with Gasteiger partial charge in [-0.25, -0.2) is 4.98 Å². The number of nitriles is 1. The maximum atomic E-state index is 9.30. The van der Waals surface area contributed by atoms with Gasteiger partial charge in [0, 0.05) is 11.8 Å². The molecule has 86 valence electrons. The van der Waals surface area contributed by atoms with Gasteiger partial charge < -0.3 is 0 Å². The van der Waals surface area contributed by atoms with Crippen molar-refractivity contribution in [1.82, 2.24) is 9.38 Å². The van der Waals surface area contributed by atoms with Crippen molar-refractivity contribution in [2.75, 3.05) is 0 Å². The molecule has 18 heavy (non-hydrogen) atoms. The maximum Gasteiger partial charge on any atom is 0.152 e. The Morgan fingerprint density at radius 3 is 2.61 bits per heavy atom. The zero-order valence-electron chi connectivity index (χ0n) is 9.34. The van der Waals surface area contributed by atoms with Gasteiger partial charge in [0.1, 0.15) is 17.4 Å². The molecule has 3 rings (SSSR count). The Morgan fingerprint density at radius 1 is 1.11 bits per heavy atom. The molecule has 0 saturated carbocycles. The van der Waals surface area contributed by atoms with Crippen molar-refractivity contribution in [3.63, 3.8) is 0 Å². The van der Waals surface area contributed by atoms with Gasteiger partial charge in [-0.15, -0.1) is 0 Å². The zero-order chi connectivity index (χ0) is 12.5. The van der Waals surface area contributed by atoms with Gasteiger partial charge in [-0.05, 0) is 12.1 Å². The van der Waals surface area contributed by atoms with Gasteiger partial charge in [-0.3, -0.25) is 4.40 Å². The lowest BCUT2D eigenvalue weighted by molar-refractivity contribution is 1.15. The third-order valence-corrected chi connectivity index (χ3v) is 2.96. The lowest BCUT2D eigenvalue weighted by Crippen LogP contribution is -1.88. The van der Waals surface area contributed by atoms with E-state index >= 15 is 0 Å². The van der Waals surface area contributed by atoms with Gasteiger partial charge in [-0.1, -0.05) is 41.9 Å². The molecule has 1 aromatic carbocycles. The van der Waals surface area contributed by atoms with E-state index in [0.717, 1.165) is 11.2 Å². The first-order valence-corrected chi connectivity index (χ1v) is 5.80. The first kappa shape index (κ1) is 10.8. The molecule has 0 amide bonds. The van der Waals surface area contributed by atoms with Gasteiger partial charge >= 0.3 is 0 Å². The number of hydrogen-bond acceptors (Lipinski definition) is 2. The van der Waals surface area contributed by atoms with Crippen LogP contribution in [0.15, 0.2) is 48.7 Å². The van der Waals surface area contributed by atoms with Gasteiger partial charge in [0.15, 0.2) is 5.69 Å². The fourth-order valence-electron chi connectivity index (χ4n) is 1.92. The van der Waals surface area contributed by atoms with E-state index in [-0.39, 0.29) is 0 Å². The van der Waals surface area contributed by atoms with E-state index in [1.807, 2.05) is 30.3 Å². The summed E-state index contributed by atoms with van der Waals surface area (Å²) in [5.74, 6) is 0. The molecule has 0 aliphatic heterocycles. The van der Waals surface area contributed by atoms with E-state index in [2.05, 4.69) is 11.1 Å². The molecule has 0 spiro atoms. The van der Waals surface area contributed by atoms with Crippen LogP contribution in [0.4, 0.5) is 0 Å². The molecular formula is C14H8ClN3. The van der Waals surface area contributed by atoms with E-state index in [0.29, 0.717) is 16.4 Å². The molecule has 0 radical (unpaired) electrons. The lowest BCUT2D eigenvalue weighted by Gasteiger charge is -1.97. The highest BCUT2D eigenvalue weighted by molar-refractivity contribution is 6.30. The van der Waals surface area contributed by atoms with E-state index in [1.54, 1.807) is 22.7 Å². The smallest absolute Gasteiger partial charge is 0.152 e. The van der Waals surface area contributed by atoms with Crippen molar-refractivity contribution in [3.05, 3.63) is 59.4 Å². The Morgan fingerprint density at radius 2 is 1.89 bits per heavy atom. The normalized spacial score (nSPS) is 10.4. The van der Waals surface area contributed by atoms with Crippen molar-refractivity contribution >= 4 is 17.2 Å². The predicted octanol–water partition coefficient (Wildman–Crippen LogP) is 3.53. The summed E-state index contributed by atoms with van der Waals surface area (Å²) < 4.78 is 1.71. The van der Waals surface area contributed by atoms with Crippen LogP contribution in [0.5, 0.6) is 0 Å². The molecule has 0 unspecified atom stereocenters. The molecule has 0 atom stereocenters. The number of pyridine rings is 1. The molecule has 2 aromatic heterocycles. The van der Waals surface area contributed by atoms with Crippen LogP contribution < -0.4 is 0 Å². The standard InChI is InChI=1S/C14H8ClN3/c15-11-6-7-13-17-14(10-4-2-1-3-5-10)12(8-16)18(13)9-11/h1-7,9H. The number of aromatic nitrogens is 2. The minimum Gasteiger partial charge on any atom is -0.289 e. The third kappa shape index (κ3) is 1.64. The number of rotatable bonds is 1. The van der Waals surface area contributed by atoms with Gasteiger partial charge in [-0.2, -0.15) is 5.26 Å². The Balaban J connectivity index is 2.34. The third-order valence-electron chi connectivity index (χ3n) is 2.74. The average Bonchev–Trinajstić information content (AvgIpc) is 2.77. The molecule has 0 aliphatic rings. The minimum absolute atomic E-state index is 0.499. The molecule has 3 aromatic rings. The number of fused-ring (bicyclic) bond motifs is 1. The van der Waals surface area contributed by atoms with Crippen LogP contribution in [0.2, 0.25) is 5.02 Å². The SMILES string of the molecule is N#Cc1c(-c2ccccc2)nc2ccc(Cl)cn12. The second-order valence-electron chi connectivity index (χ2n) is 3.86. The van der Waals surface area contributed by atoms with Crippen LogP contribution >= 0.6 is 11.6 Å². The molecule has 0 saturated heterocycles. The highest BCUT2D eigenvalue weighted by atomic mass is 35.5. The van der Waals surface area contributed by atoms with Crippen LogP contribution in [-0.4, -0.2) is 9.38 Å². The molecule has 0 N–H and O–H groups in total. The minimum atomic E-state index is 0.499. The summed E-state index contributed by atoms with van der Waals surface area (Å²) in [6, 6.07) is 15.4. The van der Waals surface area contributed by atoms with Crippen molar-refractivity contribution in [1.29, 1.82) is 5.26 Å². The second kappa shape index (κ2) is 4.17. The van der Waals surface area contributed by atoms with Crippen LogP contribution in [-0.2, 0) is 0 Å². The summed E-state index contributed by atoms with van der Waals surface area (Å²) in [6.07, 6.45) is 1.70. The first-order chi connectivity index (χ1) is 8.79. The Kier molecular flexibility index (Phi) is 2.51. The predicted molar refractivity (Wildman–Crippen MR) is 70.4 cm³/mol. The Bertz CT molecular complexity index is 754. The molecule has 2 heterocycles. The van der Waals surface area contributed by atoms with Gasteiger partial charge in [0.25, 0.3) is 0 Å². The van der Waals surface area contributed by atoms with Crippen LogP contribution in [0.3, 0.4) is 0 Å². The fraction of sp³-hybridized carbons (Fsp3) is 0. The quantitative estimate of drug-likeness (QED) is 0.666. The van der Waals surface area contributed by atoms with E-state index in [9.17, 15) is 5.26 Å².